The minimum Gasteiger partial charge on any atom is -0.308 e. The van der Waals surface area contributed by atoms with E-state index in [4.69, 9.17) is 0 Å². The van der Waals surface area contributed by atoms with E-state index >= 15 is 0 Å². The van der Waals surface area contributed by atoms with E-state index in [1.807, 2.05) is 60.7 Å². The van der Waals surface area contributed by atoms with E-state index in [1.54, 1.807) is 22.7 Å². The Balaban J connectivity index is 1.80. The lowest BCUT2D eigenvalue weighted by Gasteiger charge is -2.17. The SMILES string of the molecule is O=P(c1ccccc1)(c1ccccc1)c1cc2cc3sccc3cc2s1. The van der Waals surface area contributed by atoms with Crippen molar-refractivity contribution >= 4 is 65.2 Å². The van der Waals surface area contributed by atoms with Crippen molar-refractivity contribution in [3.63, 3.8) is 0 Å². The topological polar surface area (TPSA) is 17.1 Å². The summed E-state index contributed by atoms with van der Waals surface area (Å²) in [5, 5.41) is 6.32. The van der Waals surface area contributed by atoms with E-state index in [0.29, 0.717) is 0 Å². The molecule has 0 spiro atoms. The molecule has 0 N–H and O–H groups in total. The zero-order valence-corrected chi connectivity index (χ0v) is 16.4. The third-order valence-electron chi connectivity index (χ3n) is 4.63. The smallest absolute Gasteiger partial charge is 0.180 e. The molecule has 0 aliphatic heterocycles. The Kier molecular flexibility index (Phi) is 3.82. The summed E-state index contributed by atoms with van der Waals surface area (Å²) in [6.45, 7) is 0. The molecular formula is C22H15OPS2. The summed E-state index contributed by atoms with van der Waals surface area (Å²) in [5.41, 5.74) is 0. The lowest BCUT2D eigenvalue weighted by atomic mass is 10.2. The summed E-state index contributed by atoms with van der Waals surface area (Å²) < 4.78 is 17.8. The van der Waals surface area contributed by atoms with Gasteiger partial charge in [0.1, 0.15) is 0 Å². The van der Waals surface area contributed by atoms with Crippen molar-refractivity contribution in [1.82, 2.24) is 0 Å². The van der Waals surface area contributed by atoms with Crippen LogP contribution in [0.3, 0.4) is 0 Å². The van der Waals surface area contributed by atoms with Crippen LogP contribution in [0, 0.1) is 0 Å². The predicted molar refractivity (Wildman–Crippen MR) is 117 cm³/mol. The zero-order valence-electron chi connectivity index (χ0n) is 13.8. The maximum absolute atomic E-state index is 14.4. The number of hydrogen-bond donors (Lipinski definition) is 0. The predicted octanol–water partition coefficient (Wildman–Crippen LogP) is 5.76. The second-order valence-corrected chi connectivity index (χ2v) is 11.3. The average molecular weight is 390 g/mol. The second-order valence-electron chi connectivity index (χ2n) is 6.21. The van der Waals surface area contributed by atoms with Crippen LogP contribution in [-0.2, 0) is 4.57 Å². The van der Waals surface area contributed by atoms with E-state index in [9.17, 15) is 4.57 Å². The molecule has 2 heterocycles. The Hall–Kier alpha value is -2.19. The van der Waals surface area contributed by atoms with Crippen LogP contribution < -0.4 is 15.2 Å². The summed E-state index contributed by atoms with van der Waals surface area (Å²) in [7, 11) is -2.88. The van der Waals surface area contributed by atoms with Crippen molar-refractivity contribution in [3.8, 4) is 0 Å². The van der Waals surface area contributed by atoms with Gasteiger partial charge in [0, 0.05) is 20.0 Å². The average Bonchev–Trinajstić information content (AvgIpc) is 3.32. The highest BCUT2D eigenvalue weighted by Gasteiger charge is 2.31. The largest absolute Gasteiger partial charge is 0.308 e. The fraction of sp³-hybridized carbons (Fsp3) is 0. The minimum atomic E-state index is -2.88. The molecule has 5 aromatic rings. The van der Waals surface area contributed by atoms with Gasteiger partial charge in [-0.05, 0) is 40.4 Å². The van der Waals surface area contributed by atoms with E-state index in [2.05, 4.69) is 29.6 Å². The number of thiophene rings is 2. The summed E-state index contributed by atoms with van der Waals surface area (Å²) in [6.07, 6.45) is 0. The molecule has 0 bridgehead atoms. The third kappa shape index (κ3) is 2.47. The first-order valence-corrected chi connectivity index (χ1v) is 11.8. The summed E-state index contributed by atoms with van der Waals surface area (Å²) >= 11 is 3.40. The molecule has 0 saturated carbocycles. The van der Waals surface area contributed by atoms with Gasteiger partial charge in [-0.1, -0.05) is 60.7 Å². The molecule has 0 atom stereocenters. The highest BCUT2D eigenvalue weighted by atomic mass is 32.1. The maximum Gasteiger partial charge on any atom is 0.180 e. The van der Waals surface area contributed by atoms with Crippen molar-refractivity contribution in [2.75, 3.05) is 0 Å². The molecule has 0 aliphatic rings. The minimum absolute atomic E-state index is 0.888. The Bertz CT molecular complexity index is 1160. The number of rotatable bonds is 3. The molecule has 0 radical (unpaired) electrons. The normalized spacial score (nSPS) is 12.0. The number of benzene rings is 3. The molecule has 126 valence electrons. The first-order valence-electron chi connectivity index (χ1n) is 8.38. The highest BCUT2D eigenvalue weighted by Crippen LogP contribution is 2.46. The summed E-state index contributed by atoms with van der Waals surface area (Å²) in [4.78, 5) is 0. The van der Waals surface area contributed by atoms with E-state index in [0.717, 1.165) is 15.2 Å². The lowest BCUT2D eigenvalue weighted by molar-refractivity contribution is 0.593. The van der Waals surface area contributed by atoms with Gasteiger partial charge in [0.25, 0.3) is 0 Å². The van der Waals surface area contributed by atoms with E-state index < -0.39 is 7.14 Å². The van der Waals surface area contributed by atoms with Gasteiger partial charge in [0.05, 0.1) is 4.62 Å². The van der Waals surface area contributed by atoms with Crippen LogP contribution in [0.25, 0.3) is 20.2 Å². The molecule has 0 aliphatic carbocycles. The lowest BCUT2D eigenvalue weighted by Crippen LogP contribution is -2.22. The Morgan fingerprint density at radius 1 is 0.654 bits per heavy atom. The van der Waals surface area contributed by atoms with Crippen molar-refractivity contribution in [3.05, 3.63) is 90.3 Å². The van der Waals surface area contributed by atoms with Gasteiger partial charge in [-0.3, -0.25) is 0 Å². The Morgan fingerprint density at radius 2 is 1.27 bits per heavy atom. The van der Waals surface area contributed by atoms with Crippen LogP contribution in [0.2, 0.25) is 0 Å². The van der Waals surface area contributed by atoms with E-state index in [-0.39, 0.29) is 0 Å². The van der Waals surface area contributed by atoms with Crippen LogP contribution in [0.5, 0.6) is 0 Å². The zero-order chi connectivity index (χ0) is 17.6. The van der Waals surface area contributed by atoms with Crippen LogP contribution >= 0.6 is 29.8 Å². The van der Waals surface area contributed by atoms with Gasteiger partial charge in [0.15, 0.2) is 7.14 Å². The van der Waals surface area contributed by atoms with Crippen LogP contribution in [0.15, 0.2) is 90.3 Å². The molecular weight excluding hydrogens is 375 g/mol. The molecule has 5 rings (SSSR count). The van der Waals surface area contributed by atoms with Gasteiger partial charge in [-0.2, -0.15) is 0 Å². The maximum atomic E-state index is 14.4. The van der Waals surface area contributed by atoms with Crippen molar-refractivity contribution in [1.29, 1.82) is 0 Å². The van der Waals surface area contributed by atoms with Crippen molar-refractivity contribution < 1.29 is 4.57 Å². The standard InChI is InChI=1S/C22H15OPS2/c23-24(18-7-3-1-4-8-18,19-9-5-2-6-10-19)22-15-17-14-20-16(11-12-25-20)13-21(17)26-22/h1-15H. The third-order valence-corrected chi connectivity index (χ3v) is 10.3. The molecule has 1 nitrogen and oxygen atoms in total. The van der Waals surface area contributed by atoms with Gasteiger partial charge in [0.2, 0.25) is 0 Å². The molecule has 0 saturated heterocycles. The summed E-state index contributed by atoms with van der Waals surface area (Å²) in [6, 6.07) is 28.4. The molecule has 2 aromatic heterocycles. The Morgan fingerprint density at radius 3 is 1.92 bits per heavy atom. The van der Waals surface area contributed by atoms with Crippen LogP contribution in [0.4, 0.5) is 0 Å². The quantitative estimate of drug-likeness (QED) is 0.358. The van der Waals surface area contributed by atoms with Crippen LogP contribution in [-0.4, -0.2) is 0 Å². The van der Waals surface area contributed by atoms with Crippen molar-refractivity contribution in [2.45, 2.75) is 0 Å². The van der Waals surface area contributed by atoms with Crippen LogP contribution in [0.1, 0.15) is 0 Å². The van der Waals surface area contributed by atoms with Crippen molar-refractivity contribution in [2.24, 2.45) is 0 Å². The molecule has 0 unspecified atom stereocenters. The second kappa shape index (κ2) is 6.21. The number of hydrogen-bond acceptors (Lipinski definition) is 3. The fourth-order valence-corrected chi connectivity index (χ4v) is 8.72. The van der Waals surface area contributed by atoms with Gasteiger partial charge in [-0.15, -0.1) is 22.7 Å². The van der Waals surface area contributed by atoms with Gasteiger partial charge < -0.3 is 4.57 Å². The fourth-order valence-electron chi connectivity index (χ4n) is 3.32. The molecule has 26 heavy (non-hydrogen) atoms. The van der Waals surface area contributed by atoms with Gasteiger partial charge in [-0.25, -0.2) is 0 Å². The highest BCUT2D eigenvalue weighted by molar-refractivity contribution is 7.89. The molecule has 0 amide bonds. The monoisotopic (exact) mass is 390 g/mol. The molecule has 0 fully saturated rings. The first-order chi connectivity index (χ1) is 12.7. The molecule has 4 heteroatoms. The molecule has 3 aromatic carbocycles. The van der Waals surface area contributed by atoms with E-state index in [1.165, 1.54) is 20.2 Å². The number of fused-ring (bicyclic) bond motifs is 2. The summed E-state index contributed by atoms with van der Waals surface area (Å²) in [5.74, 6) is 0. The van der Waals surface area contributed by atoms with Gasteiger partial charge >= 0.3 is 0 Å². The Labute approximate surface area is 159 Å². The first kappa shape index (κ1) is 16.0.